The van der Waals surface area contributed by atoms with Crippen molar-refractivity contribution in [2.75, 3.05) is 12.3 Å². The van der Waals surface area contributed by atoms with E-state index < -0.39 is 31.1 Å². The van der Waals surface area contributed by atoms with Crippen molar-refractivity contribution >= 4 is 16.9 Å². The van der Waals surface area contributed by atoms with Crippen LogP contribution < -0.4 is 5.73 Å². The monoisotopic (exact) mass is 267 g/mol. The molecule has 19 heavy (non-hydrogen) atoms. The lowest BCUT2D eigenvalue weighted by Gasteiger charge is -2.12. The van der Waals surface area contributed by atoms with Gasteiger partial charge in [-0.25, -0.2) is 4.98 Å². The minimum Gasteiger partial charge on any atom is -0.394 e. The van der Waals surface area contributed by atoms with Gasteiger partial charge >= 0.3 is 0 Å². The van der Waals surface area contributed by atoms with Crippen molar-refractivity contribution in [3.63, 3.8) is 0 Å². The third-order valence-corrected chi connectivity index (χ3v) is 3.09. The summed E-state index contributed by atoms with van der Waals surface area (Å²) in [6.07, 6.45) is -2.77. The number of nitrogens with zero attached hydrogens (tertiary/aromatic N) is 4. The van der Waals surface area contributed by atoms with Crippen LogP contribution in [-0.2, 0) is 4.74 Å². The van der Waals surface area contributed by atoms with Crippen LogP contribution in [0.15, 0.2) is 12.3 Å². The number of aliphatic hydroxyl groups is 3. The quantitative estimate of drug-likeness (QED) is 0.491. The van der Waals surface area contributed by atoms with Crippen LogP contribution in [0.2, 0.25) is 0 Å². The predicted octanol–water partition coefficient (Wildman–Crippen LogP) is -1.98. The Kier molecular flexibility index (Phi) is 2.82. The molecule has 0 aromatic carbocycles. The third-order valence-electron chi connectivity index (χ3n) is 3.09. The van der Waals surface area contributed by atoms with Gasteiger partial charge in [-0.05, 0) is 6.07 Å². The number of pyridine rings is 1. The van der Waals surface area contributed by atoms with Crippen LogP contribution in [0.4, 0.5) is 5.82 Å². The van der Waals surface area contributed by atoms with E-state index in [-0.39, 0.29) is 5.82 Å². The normalized spacial score (nSPS) is 31.1. The Morgan fingerprint density at radius 1 is 1.32 bits per heavy atom. The van der Waals surface area contributed by atoms with Crippen LogP contribution in [0.25, 0.3) is 11.0 Å². The van der Waals surface area contributed by atoms with Crippen LogP contribution in [0.5, 0.6) is 0 Å². The zero-order valence-electron chi connectivity index (χ0n) is 9.79. The maximum atomic E-state index is 9.87. The number of anilines is 1. The van der Waals surface area contributed by atoms with Crippen LogP contribution in [0.1, 0.15) is 6.23 Å². The van der Waals surface area contributed by atoms with Crippen molar-refractivity contribution in [2.45, 2.75) is 24.5 Å². The first-order chi connectivity index (χ1) is 9.11. The van der Waals surface area contributed by atoms with E-state index in [1.807, 2.05) is 0 Å². The smallest absolute Gasteiger partial charge is 0.198 e. The summed E-state index contributed by atoms with van der Waals surface area (Å²) in [7, 11) is 0. The molecule has 0 saturated carbocycles. The van der Waals surface area contributed by atoms with E-state index in [0.717, 1.165) is 4.80 Å². The highest BCUT2D eigenvalue weighted by Gasteiger charge is 2.44. The first-order valence-corrected chi connectivity index (χ1v) is 5.71. The molecular formula is C10H13N5O4. The Labute approximate surface area is 107 Å². The Bertz CT molecular complexity index is 603. The summed E-state index contributed by atoms with van der Waals surface area (Å²) in [5, 5.41) is 36.8. The molecule has 0 aliphatic carbocycles. The molecule has 0 amide bonds. The summed E-state index contributed by atoms with van der Waals surface area (Å²) in [6, 6.07) is 1.62. The number of aliphatic hydroxyl groups excluding tert-OH is 3. The molecule has 0 bridgehead atoms. The molecule has 102 valence electrons. The van der Waals surface area contributed by atoms with Gasteiger partial charge in [0.2, 0.25) is 0 Å². The Hall–Kier alpha value is -1.81. The fourth-order valence-corrected chi connectivity index (χ4v) is 2.06. The van der Waals surface area contributed by atoms with Gasteiger partial charge in [-0.3, -0.25) is 0 Å². The van der Waals surface area contributed by atoms with E-state index in [4.69, 9.17) is 15.6 Å². The minimum absolute atomic E-state index is 0.218. The van der Waals surface area contributed by atoms with Crippen LogP contribution in [-0.4, -0.2) is 60.2 Å². The first kappa shape index (κ1) is 12.2. The molecule has 1 saturated heterocycles. The van der Waals surface area contributed by atoms with Crippen LogP contribution in [0, 0.1) is 0 Å². The van der Waals surface area contributed by atoms with Gasteiger partial charge in [-0.2, -0.15) is 9.90 Å². The summed E-state index contributed by atoms with van der Waals surface area (Å²) < 4.78 is 5.32. The largest absolute Gasteiger partial charge is 0.394 e. The summed E-state index contributed by atoms with van der Waals surface area (Å²) in [4.78, 5) is 5.01. The number of nitrogen functional groups attached to an aromatic ring is 1. The molecule has 9 heteroatoms. The highest BCUT2D eigenvalue weighted by Crippen LogP contribution is 2.29. The maximum absolute atomic E-state index is 9.87. The van der Waals surface area contributed by atoms with E-state index in [1.54, 1.807) is 6.07 Å². The molecule has 1 aliphatic heterocycles. The molecule has 4 atom stereocenters. The van der Waals surface area contributed by atoms with E-state index >= 15 is 0 Å². The fourth-order valence-electron chi connectivity index (χ4n) is 2.06. The summed E-state index contributed by atoms with van der Waals surface area (Å²) >= 11 is 0. The fraction of sp³-hybridized carbons (Fsp3) is 0.500. The summed E-state index contributed by atoms with van der Waals surface area (Å²) in [5.41, 5.74) is 6.56. The van der Waals surface area contributed by atoms with Gasteiger partial charge in [0, 0.05) is 6.20 Å². The van der Waals surface area contributed by atoms with E-state index in [0.29, 0.717) is 11.0 Å². The second kappa shape index (κ2) is 4.38. The SMILES string of the molecule is Nc1nccc2nn([C@@H]3OC(CO)C(O)[C@H]3O)nc12. The number of hydrogen-bond donors (Lipinski definition) is 4. The van der Waals surface area contributed by atoms with Gasteiger partial charge in [0.25, 0.3) is 0 Å². The van der Waals surface area contributed by atoms with Crippen molar-refractivity contribution in [3.8, 4) is 0 Å². The van der Waals surface area contributed by atoms with Gasteiger partial charge in [0.1, 0.15) is 23.8 Å². The topological polar surface area (TPSA) is 140 Å². The lowest BCUT2D eigenvalue weighted by molar-refractivity contribution is -0.0650. The minimum atomic E-state index is -1.23. The van der Waals surface area contributed by atoms with E-state index in [9.17, 15) is 10.2 Å². The number of aromatic nitrogens is 4. The molecule has 5 N–H and O–H groups in total. The van der Waals surface area contributed by atoms with Gasteiger partial charge in [-0.15, -0.1) is 5.10 Å². The number of nitrogens with two attached hydrogens (primary N) is 1. The van der Waals surface area contributed by atoms with Crippen LogP contribution >= 0.6 is 0 Å². The molecule has 0 spiro atoms. The highest BCUT2D eigenvalue weighted by atomic mass is 16.6. The summed E-state index contributed by atoms with van der Waals surface area (Å²) in [6.45, 7) is -0.404. The number of ether oxygens (including phenoxy) is 1. The molecule has 2 aromatic rings. The Balaban J connectivity index is 1.99. The van der Waals surface area contributed by atoms with Crippen LogP contribution in [0.3, 0.4) is 0 Å². The maximum Gasteiger partial charge on any atom is 0.198 e. The van der Waals surface area contributed by atoms with E-state index in [1.165, 1.54) is 6.20 Å². The van der Waals surface area contributed by atoms with Crippen molar-refractivity contribution in [3.05, 3.63) is 12.3 Å². The van der Waals surface area contributed by atoms with Crippen molar-refractivity contribution in [1.82, 2.24) is 20.0 Å². The number of rotatable bonds is 2. The molecular weight excluding hydrogens is 254 g/mol. The average Bonchev–Trinajstić information content (AvgIpc) is 2.94. The molecule has 0 radical (unpaired) electrons. The molecule has 1 aliphatic rings. The molecule has 2 aromatic heterocycles. The van der Waals surface area contributed by atoms with Gasteiger partial charge in [0.05, 0.1) is 6.61 Å². The second-order valence-corrected chi connectivity index (χ2v) is 4.31. The average molecular weight is 267 g/mol. The first-order valence-electron chi connectivity index (χ1n) is 5.71. The zero-order valence-corrected chi connectivity index (χ0v) is 9.79. The number of hydrogen-bond acceptors (Lipinski definition) is 8. The molecule has 3 heterocycles. The Morgan fingerprint density at radius 2 is 2.11 bits per heavy atom. The third kappa shape index (κ3) is 1.83. The van der Waals surface area contributed by atoms with Gasteiger partial charge in [-0.1, -0.05) is 0 Å². The van der Waals surface area contributed by atoms with Crippen molar-refractivity contribution in [1.29, 1.82) is 0 Å². The van der Waals surface area contributed by atoms with Crippen molar-refractivity contribution in [2.24, 2.45) is 0 Å². The molecule has 3 rings (SSSR count). The lowest BCUT2D eigenvalue weighted by atomic mass is 10.1. The lowest BCUT2D eigenvalue weighted by Crippen LogP contribution is -2.33. The standard InChI is InChI=1S/C10H13N5O4/c11-9-6-4(1-2-12-9)13-15(14-6)10-8(18)7(17)5(3-16)19-10/h1-2,5,7-8,10,16-18H,3H2,(H2,11,12)/t5?,7?,8-,10-/m1/s1. The summed E-state index contributed by atoms with van der Waals surface area (Å²) in [5.74, 6) is 0.218. The van der Waals surface area contributed by atoms with Crippen molar-refractivity contribution < 1.29 is 20.1 Å². The predicted molar refractivity (Wildman–Crippen MR) is 62.7 cm³/mol. The molecule has 1 fully saturated rings. The molecule has 2 unspecified atom stereocenters. The van der Waals surface area contributed by atoms with Gasteiger partial charge in [0.15, 0.2) is 17.6 Å². The number of fused-ring (bicyclic) bond motifs is 1. The zero-order chi connectivity index (χ0) is 13.6. The highest BCUT2D eigenvalue weighted by molar-refractivity contribution is 5.83. The Morgan fingerprint density at radius 3 is 2.74 bits per heavy atom. The van der Waals surface area contributed by atoms with E-state index in [2.05, 4.69) is 15.2 Å². The molecule has 9 nitrogen and oxygen atoms in total. The second-order valence-electron chi connectivity index (χ2n) is 4.31. The van der Waals surface area contributed by atoms with Gasteiger partial charge < -0.3 is 25.8 Å².